The minimum Gasteiger partial charge on any atom is -0.392 e. The molecule has 0 aliphatic heterocycles. The second-order valence-corrected chi connectivity index (χ2v) is 6.62. The van der Waals surface area contributed by atoms with Gasteiger partial charge in [-0.3, -0.25) is 4.72 Å². The molecule has 0 atom stereocenters. The van der Waals surface area contributed by atoms with E-state index >= 15 is 0 Å². The molecule has 0 unspecified atom stereocenters. The molecule has 0 aromatic heterocycles. The predicted octanol–water partition coefficient (Wildman–Crippen LogP) is 3.29. The van der Waals surface area contributed by atoms with Gasteiger partial charge in [0.25, 0.3) is 10.0 Å². The van der Waals surface area contributed by atoms with Crippen LogP contribution in [0.5, 0.6) is 0 Å². The van der Waals surface area contributed by atoms with Gasteiger partial charge in [0.2, 0.25) is 0 Å². The average Bonchev–Trinajstić information content (AvgIpc) is 2.37. The zero-order valence-corrected chi connectivity index (χ0v) is 12.5. The van der Waals surface area contributed by atoms with Crippen molar-refractivity contribution in [3.8, 4) is 0 Å². The lowest BCUT2D eigenvalue weighted by Gasteiger charge is -2.09. The largest absolute Gasteiger partial charge is 0.392 e. The zero-order chi connectivity index (χ0) is 14.8. The number of anilines is 1. The molecule has 106 valence electrons. The third-order valence-corrected chi connectivity index (χ3v) is 4.32. The van der Waals surface area contributed by atoms with Crippen LogP contribution in [-0.2, 0) is 16.6 Å². The third kappa shape index (κ3) is 3.64. The molecule has 4 nitrogen and oxygen atoms in total. The molecule has 0 radical (unpaired) electrons. The molecular weight excluding hydrogens is 321 g/mol. The molecule has 20 heavy (non-hydrogen) atoms. The van der Waals surface area contributed by atoms with Crippen molar-refractivity contribution in [1.29, 1.82) is 0 Å². The molecule has 0 fully saturated rings. The number of hydrogen-bond acceptors (Lipinski definition) is 3. The van der Waals surface area contributed by atoms with E-state index in [2.05, 4.69) is 4.72 Å². The number of aliphatic hydroxyl groups is 1. The van der Waals surface area contributed by atoms with E-state index in [1.807, 2.05) is 0 Å². The van der Waals surface area contributed by atoms with Gasteiger partial charge in [0, 0.05) is 10.0 Å². The number of sulfonamides is 1. The molecule has 0 bridgehead atoms. The zero-order valence-electron chi connectivity index (χ0n) is 10.2. The standard InChI is InChI=1S/C13H11Cl2NO3S/c14-10-5-11(15)7-12(6-10)16-20(18,19)13-3-1-2-9(4-13)8-17/h1-7,16-17H,8H2. The summed E-state index contributed by atoms with van der Waals surface area (Å²) in [6.07, 6.45) is 0. The summed E-state index contributed by atoms with van der Waals surface area (Å²) in [5, 5.41) is 9.71. The van der Waals surface area contributed by atoms with E-state index in [1.165, 1.54) is 30.3 Å². The van der Waals surface area contributed by atoms with Gasteiger partial charge in [0.05, 0.1) is 17.2 Å². The first-order chi connectivity index (χ1) is 9.40. The molecule has 0 amide bonds. The lowest BCUT2D eigenvalue weighted by molar-refractivity contribution is 0.281. The van der Waals surface area contributed by atoms with Crippen molar-refractivity contribution >= 4 is 38.9 Å². The van der Waals surface area contributed by atoms with E-state index in [4.69, 9.17) is 28.3 Å². The highest BCUT2D eigenvalue weighted by atomic mass is 35.5. The van der Waals surface area contributed by atoms with E-state index in [-0.39, 0.29) is 17.2 Å². The first-order valence-electron chi connectivity index (χ1n) is 5.59. The third-order valence-electron chi connectivity index (χ3n) is 2.51. The van der Waals surface area contributed by atoms with Gasteiger partial charge in [-0.25, -0.2) is 8.42 Å². The first kappa shape index (κ1) is 15.1. The molecule has 0 aliphatic rings. The lowest BCUT2D eigenvalue weighted by atomic mass is 10.2. The van der Waals surface area contributed by atoms with E-state index in [9.17, 15) is 8.42 Å². The van der Waals surface area contributed by atoms with Gasteiger partial charge in [0.1, 0.15) is 0 Å². The van der Waals surface area contributed by atoms with Crippen LogP contribution in [0.3, 0.4) is 0 Å². The summed E-state index contributed by atoms with van der Waals surface area (Å²) < 4.78 is 26.8. The van der Waals surface area contributed by atoms with Crippen LogP contribution in [0, 0.1) is 0 Å². The monoisotopic (exact) mass is 331 g/mol. The Bertz CT molecular complexity index is 712. The maximum absolute atomic E-state index is 12.2. The maximum Gasteiger partial charge on any atom is 0.261 e. The Hall–Kier alpha value is -1.27. The van der Waals surface area contributed by atoms with E-state index < -0.39 is 10.0 Å². The summed E-state index contributed by atoms with van der Waals surface area (Å²) in [5.74, 6) is 0. The van der Waals surface area contributed by atoms with Crippen LogP contribution >= 0.6 is 23.2 Å². The Balaban J connectivity index is 2.35. The van der Waals surface area contributed by atoms with Crippen molar-refractivity contribution in [2.24, 2.45) is 0 Å². The number of rotatable bonds is 4. The molecule has 0 spiro atoms. The molecule has 0 saturated heterocycles. The van der Waals surface area contributed by atoms with Crippen molar-refractivity contribution in [3.63, 3.8) is 0 Å². The molecule has 2 aromatic rings. The minimum atomic E-state index is -3.76. The topological polar surface area (TPSA) is 66.4 Å². The summed E-state index contributed by atoms with van der Waals surface area (Å²) in [5.41, 5.74) is 0.786. The summed E-state index contributed by atoms with van der Waals surface area (Å²) in [6.45, 7) is -0.230. The highest BCUT2D eigenvalue weighted by Gasteiger charge is 2.15. The Morgan fingerprint density at radius 3 is 2.30 bits per heavy atom. The van der Waals surface area contributed by atoms with Crippen molar-refractivity contribution < 1.29 is 13.5 Å². The highest BCUT2D eigenvalue weighted by molar-refractivity contribution is 7.92. The smallest absolute Gasteiger partial charge is 0.261 e. The fourth-order valence-electron chi connectivity index (χ4n) is 1.64. The second-order valence-electron chi connectivity index (χ2n) is 4.07. The van der Waals surface area contributed by atoms with Gasteiger partial charge >= 0.3 is 0 Å². The van der Waals surface area contributed by atoms with E-state index in [0.29, 0.717) is 15.6 Å². The van der Waals surface area contributed by atoms with Crippen molar-refractivity contribution in [2.75, 3.05) is 4.72 Å². The molecule has 2 N–H and O–H groups in total. The Labute approximate surface area is 127 Å². The summed E-state index contributed by atoms with van der Waals surface area (Å²) in [4.78, 5) is 0.0557. The van der Waals surface area contributed by atoms with Gasteiger partial charge in [-0.2, -0.15) is 0 Å². The van der Waals surface area contributed by atoms with Gasteiger partial charge in [-0.1, -0.05) is 35.3 Å². The van der Waals surface area contributed by atoms with Crippen molar-refractivity contribution in [1.82, 2.24) is 0 Å². The molecule has 2 aromatic carbocycles. The average molecular weight is 332 g/mol. The molecule has 0 heterocycles. The first-order valence-corrected chi connectivity index (χ1v) is 7.83. The van der Waals surface area contributed by atoms with Crippen LogP contribution in [0.2, 0.25) is 10.0 Å². The van der Waals surface area contributed by atoms with Crippen LogP contribution in [0.15, 0.2) is 47.4 Å². The summed E-state index contributed by atoms with van der Waals surface area (Å²) in [7, 11) is -3.76. The predicted molar refractivity (Wildman–Crippen MR) is 79.6 cm³/mol. The molecule has 2 rings (SSSR count). The molecule has 7 heteroatoms. The normalized spacial score (nSPS) is 11.3. The number of hydrogen-bond donors (Lipinski definition) is 2. The Kier molecular flexibility index (Phi) is 4.55. The van der Waals surface area contributed by atoms with Crippen molar-refractivity contribution in [2.45, 2.75) is 11.5 Å². The summed E-state index contributed by atoms with van der Waals surface area (Å²) in [6, 6.07) is 10.5. The second kappa shape index (κ2) is 6.01. The van der Waals surface area contributed by atoms with Crippen LogP contribution in [0.4, 0.5) is 5.69 Å². The molecule has 0 saturated carbocycles. The Morgan fingerprint density at radius 2 is 1.70 bits per heavy atom. The van der Waals surface area contributed by atoms with Gasteiger partial charge in [-0.15, -0.1) is 0 Å². The lowest BCUT2D eigenvalue weighted by Crippen LogP contribution is -2.13. The van der Waals surface area contributed by atoms with Crippen molar-refractivity contribution in [3.05, 3.63) is 58.1 Å². The van der Waals surface area contributed by atoms with Crippen LogP contribution in [0.1, 0.15) is 5.56 Å². The van der Waals surface area contributed by atoms with E-state index in [0.717, 1.165) is 0 Å². The van der Waals surface area contributed by atoms with Crippen LogP contribution in [0.25, 0.3) is 0 Å². The van der Waals surface area contributed by atoms with Gasteiger partial charge in [-0.05, 0) is 35.9 Å². The number of aliphatic hydroxyl groups excluding tert-OH is 1. The quantitative estimate of drug-likeness (QED) is 0.903. The minimum absolute atomic E-state index is 0.0557. The van der Waals surface area contributed by atoms with Crippen LogP contribution in [-0.4, -0.2) is 13.5 Å². The fraction of sp³-hybridized carbons (Fsp3) is 0.0769. The maximum atomic E-state index is 12.2. The van der Waals surface area contributed by atoms with Gasteiger partial charge in [0.15, 0.2) is 0 Å². The summed E-state index contributed by atoms with van der Waals surface area (Å²) >= 11 is 11.6. The van der Waals surface area contributed by atoms with Crippen LogP contribution < -0.4 is 4.72 Å². The Morgan fingerprint density at radius 1 is 1.05 bits per heavy atom. The SMILES string of the molecule is O=S(=O)(Nc1cc(Cl)cc(Cl)c1)c1cccc(CO)c1. The molecule has 0 aliphatic carbocycles. The number of nitrogens with one attached hydrogen (secondary N) is 1. The van der Waals surface area contributed by atoms with Gasteiger partial charge < -0.3 is 5.11 Å². The number of benzene rings is 2. The number of halogens is 2. The molecular formula is C13H11Cl2NO3S. The van der Waals surface area contributed by atoms with E-state index in [1.54, 1.807) is 12.1 Å². The fourth-order valence-corrected chi connectivity index (χ4v) is 3.27. The highest BCUT2D eigenvalue weighted by Crippen LogP contribution is 2.24.